The maximum absolute atomic E-state index is 5.60. The van der Waals surface area contributed by atoms with E-state index < -0.39 is 0 Å². The molecular formula is C7H10N2OS. The summed E-state index contributed by atoms with van der Waals surface area (Å²) in [5.74, 6) is 1.18. The number of thioether (sulfide) groups is 1. The zero-order valence-electron chi connectivity index (χ0n) is 6.03. The molecule has 1 aliphatic heterocycles. The van der Waals surface area contributed by atoms with Crippen LogP contribution in [0.2, 0.25) is 0 Å². The topological polar surface area (TPSA) is 59.9 Å². The van der Waals surface area contributed by atoms with Crippen LogP contribution in [0.25, 0.3) is 0 Å². The van der Waals surface area contributed by atoms with E-state index in [0.29, 0.717) is 0 Å². The molecule has 0 atom stereocenters. The van der Waals surface area contributed by atoms with Gasteiger partial charge in [0, 0.05) is 6.07 Å². The fraction of sp³-hybridized carbons (Fsp3) is 0.286. The van der Waals surface area contributed by atoms with Crippen LogP contribution in [0.15, 0.2) is 23.4 Å². The van der Waals surface area contributed by atoms with Gasteiger partial charge in [-0.25, -0.2) is 0 Å². The highest BCUT2D eigenvalue weighted by Crippen LogP contribution is 2.18. The van der Waals surface area contributed by atoms with Crippen molar-refractivity contribution in [3.8, 4) is 0 Å². The maximum Gasteiger partial charge on any atom is 0.240 e. The molecule has 0 aromatic carbocycles. The van der Waals surface area contributed by atoms with E-state index in [-0.39, 0.29) is 5.48 Å². The minimum Gasteiger partial charge on any atom is -0.870 e. The van der Waals surface area contributed by atoms with Crippen molar-refractivity contribution in [3.05, 3.63) is 18.3 Å². The number of hydrogen-bond donors (Lipinski definition) is 1. The molecule has 0 radical (unpaired) electrons. The highest BCUT2D eigenvalue weighted by Gasteiger charge is 2.18. The summed E-state index contributed by atoms with van der Waals surface area (Å²) in [6, 6.07) is 4.02. The molecule has 0 aliphatic carbocycles. The predicted octanol–water partition coefficient (Wildman–Crippen LogP) is 0.485. The number of aromatic nitrogens is 1. The number of fused-ring (bicyclic) bond motifs is 1. The van der Waals surface area contributed by atoms with E-state index in [1.165, 1.54) is 10.8 Å². The molecule has 60 valence electrons. The first-order chi connectivity index (χ1) is 4.86. The van der Waals surface area contributed by atoms with Gasteiger partial charge in [0.05, 0.1) is 11.4 Å². The quantitative estimate of drug-likeness (QED) is 0.576. The number of pyridine rings is 1. The molecule has 0 bridgehead atoms. The van der Waals surface area contributed by atoms with Gasteiger partial charge in [-0.15, -0.1) is 0 Å². The van der Waals surface area contributed by atoms with Gasteiger partial charge in [-0.3, -0.25) is 0 Å². The number of rotatable bonds is 0. The van der Waals surface area contributed by atoms with Crippen LogP contribution in [0.1, 0.15) is 0 Å². The Hall–Kier alpha value is -0.740. The summed E-state index contributed by atoms with van der Waals surface area (Å²) >= 11 is 1.88. The molecule has 4 heteroatoms. The normalized spacial score (nSPS) is 13.8. The highest BCUT2D eigenvalue weighted by atomic mass is 32.2. The van der Waals surface area contributed by atoms with Gasteiger partial charge < -0.3 is 11.2 Å². The Morgan fingerprint density at radius 1 is 1.45 bits per heavy atom. The Morgan fingerprint density at radius 2 is 2.27 bits per heavy atom. The van der Waals surface area contributed by atoms with Crippen molar-refractivity contribution in [1.29, 1.82) is 0 Å². The molecule has 0 amide bonds. The Bertz CT molecular complexity index is 265. The molecule has 1 aliphatic rings. The van der Waals surface area contributed by atoms with E-state index in [1.54, 1.807) is 0 Å². The first-order valence-corrected chi connectivity index (χ1v) is 4.26. The molecule has 0 saturated heterocycles. The zero-order chi connectivity index (χ0) is 6.97. The Labute approximate surface area is 69.5 Å². The van der Waals surface area contributed by atoms with Crippen LogP contribution in [-0.2, 0) is 6.54 Å². The number of nitrogen functional groups attached to an aromatic ring is 1. The summed E-state index contributed by atoms with van der Waals surface area (Å²) in [7, 11) is 0. The second kappa shape index (κ2) is 3.11. The van der Waals surface area contributed by atoms with Gasteiger partial charge in [-0.2, -0.15) is 4.57 Å². The molecule has 1 aromatic rings. The monoisotopic (exact) mass is 170 g/mol. The average molecular weight is 170 g/mol. The molecule has 0 unspecified atom stereocenters. The molecule has 3 nitrogen and oxygen atoms in total. The minimum absolute atomic E-state index is 0. The van der Waals surface area contributed by atoms with Gasteiger partial charge in [0.15, 0.2) is 12.7 Å². The summed E-state index contributed by atoms with van der Waals surface area (Å²) in [5, 5.41) is 1.33. The van der Waals surface area contributed by atoms with Crippen LogP contribution < -0.4 is 10.3 Å². The molecule has 0 spiro atoms. The molecule has 3 N–H and O–H groups in total. The Morgan fingerprint density at radius 3 is 3.09 bits per heavy atom. The first-order valence-electron chi connectivity index (χ1n) is 3.28. The van der Waals surface area contributed by atoms with Gasteiger partial charge in [0.1, 0.15) is 0 Å². The lowest BCUT2D eigenvalue weighted by Crippen LogP contribution is -2.32. The lowest BCUT2D eigenvalue weighted by atomic mass is 10.4. The van der Waals surface area contributed by atoms with Gasteiger partial charge in [-0.05, 0) is 6.07 Å². The maximum atomic E-state index is 5.60. The summed E-state index contributed by atoms with van der Waals surface area (Å²) in [4.78, 5) is 0. The van der Waals surface area contributed by atoms with Crippen LogP contribution in [0.4, 0.5) is 5.69 Å². The van der Waals surface area contributed by atoms with Gasteiger partial charge in [0.25, 0.3) is 0 Å². The van der Waals surface area contributed by atoms with E-state index in [0.717, 1.165) is 12.2 Å². The molecule has 11 heavy (non-hydrogen) atoms. The molecule has 2 rings (SSSR count). The van der Waals surface area contributed by atoms with E-state index >= 15 is 0 Å². The predicted molar refractivity (Wildman–Crippen MR) is 43.7 cm³/mol. The molecule has 2 heterocycles. The lowest BCUT2D eigenvalue weighted by molar-refractivity contribution is -0.722. The number of anilines is 1. The van der Waals surface area contributed by atoms with Gasteiger partial charge in [0.2, 0.25) is 5.03 Å². The highest BCUT2D eigenvalue weighted by molar-refractivity contribution is 7.99. The lowest BCUT2D eigenvalue weighted by Gasteiger charge is -1.91. The third-order valence-corrected chi connectivity index (χ3v) is 2.64. The second-order valence-corrected chi connectivity index (χ2v) is 3.46. The third-order valence-electron chi connectivity index (χ3n) is 1.59. The van der Waals surface area contributed by atoms with Crippen LogP contribution in [-0.4, -0.2) is 11.2 Å². The first kappa shape index (κ1) is 8.36. The summed E-state index contributed by atoms with van der Waals surface area (Å²) < 4.78 is 2.19. The van der Waals surface area contributed by atoms with Gasteiger partial charge >= 0.3 is 0 Å². The smallest absolute Gasteiger partial charge is 0.240 e. The minimum atomic E-state index is 0. The molecule has 1 aromatic heterocycles. The van der Waals surface area contributed by atoms with Crippen molar-refractivity contribution in [3.63, 3.8) is 0 Å². The van der Waals surface area contributed by atoms with Crippen LogP contribution >= 0.6 is 11.8 Å². The largest absolute Gasteiger partial charge is 0.870 e. The number of hydrogen-bond acceptors (Lipinski definition) is 3. The molecule has 0 saturated carbocycles. The molecule has 0 fully saturated rings. The third kappa shape index (κ3) is 1.46. The second-order valence-electron chi connectivity index (χ2n) is 2.34. The van der Waals surface area contributed by atoms with Crippen molar-refractivity contribution in [2.45, 2.75) is 11.6 Å². The average Bonchev–Trinajstić information content (AvgIpc) is 2.33. The van der Waals surface area contributed by atoms with E-state index in [9.17, 15) is 0 Å². The van der Waals surface area contributed by atoms with Crippen LogP contribution in [0.5, 0.6) is 0 Å². The van der Waals surface area contributed by atoms with Crippen LogP contribution in [0, 0.1) is 0 Å². The van der Waals surface area contributed by atoms with Gasteiger partial charge in [-0.1, -0.05) is 11.8 Å². The van der Waals surface area contributed by atoms with Crippen molar-refractivity contribution >= 4 is 17.4 Å². The standard InChI is InChI=1S/C7H9N2S.H2O/c8-6-1-2-7-9(5-6)3-4-10-7;/h1-2,5H,3-4,8H2;1H2/q+1;/p-1. The summed E-state index contributed by atoms with van der Waals surface area (Å²) in [6.07, 6.45) is 2.00. The van der Waals surface area contributed by atoms with Crippen LogP contribution in [0.3, 0.4) is 0 Å². The van der Waals surface area contributed by atoms with E-state index in [4.69, 9.17) is 5.73 Å². The zero-order valence-corrected chi connectivity index (χ0v) is 6.84. The number of aryl methyl sites for hydroxylation is 1. The van der Waals surface area contributed by atoms with E-state index in [1.807, 2.05) is 24.0 Å². The van der Waals surface area contributed by atoms with Crippen molar-refractivity contribution < 1.29 is 10.0 Å². The van der Waals surface area contributed by atoms with Crippen molar-refractivity contribution in [1.82, 2.24) is 0 Å². The Balaban J connectivity index is 0.000000605. The fourth-order valence-electron chi connectivity index (χ4n) is 1.10. The summed E-state index contributed by atoms with van der Waals surface area (Å²) in [6.45, 7) is 1.10. The van der Waals surface area contributed by atoms with Crippen molar-refractivity contribution in [2.75, 3.05) is 11.5 Å². The SMILES string of the molecule is Nc1ccc2[n+](c1)CCS2.[OH-]. The Kier molecular flexibility index (Phi) is 2.36. The molecular weight excluding hydrogens is 160 g/mol. The number of nitrogens with two attached hydrogens (primary N) is 1. The number of nitrogens with zero attached hydrogens (tertiary/aromatic N) is 1. The van der Waals surface area contributed by atoms with Crippen molar-refractivity contribution in [2.24, 2.45) is 0 Å². The summed E-state index contributed by atoms with van der Waals surface area (Å²) in [5.41, 5.74) is 6.45. The fourth-order valence-corrected chi connectivity index (χ4v) is 2.08. The van der Waals surface area contributed by atoms with E-state index in [2.05, 4.69) is 10.6 Å².